The van der Waals surface area contributed by atoms with Crippen LogP contribution in [0.5, 0.6) is 11.5 Å². The Hall–Kier alpha value is -2.77. The van der Waals surface area contributed by atoms with E-state index in [1.54, 1.807) is 12.1 Å². The number of carbonyl (C=O) groups excluding carboxylic acids is 2. The van der Waals surface area contributed by atoms with Crippen molar-refractivity contribution in [3.63, 3.8) is 0 Å². The zero-order valence-corrected chi connectivity index (χ0v) is 24.5. The van der Waals surface area contributed by atoms with E-state index in [1.807, 2.05) is 38.1 Å². The highest BCUT2D eigenvalue weighted by atomic mass is 79.9. The predicted molar refractivity (Wildman–Crippen MR) is 154 cm³/mol. The molecule has 0 unspecified atom stereocenters. The molecule has 39 heavy (non-hydrogen) atoms. The van der Waals surface area contributed by atoms with Gasteiger partial charge in [-0.05, 0) is 103 Å². The quantitative estimate of drug-likeness (QED) is 0.329. The lowest BCUT2D eigenvalue weighted by molar-refractivity contribution is -0.146. The number of dihydropyridines is 1. The number of halogens is 2. The fourth-order valence-electron chi connectivity index (χ4n) is 6.04. The maximum absolute atomic E-state index is 13.9. The lowest BCUT2D eigenvalue weighted by Crippen LogP contribution is -2.37. The van der Waals surface area contributed by atoms with Crippen LogP contribution in [0.2, 0.25) is 5.02 Å². The molecule has 1 fully saturated rings. The minimum absolute atomic E-state index is 0.00394. The summed E-state index contributed by atoms with van der Waals surface area (Å²) in [4.78, 5) is 27.7. The number of aromatic hydroxyl groups is 1. The van der Waals surface area contributed by atoms with E-state index in [9.17, 15) is 14.7 Å². The van der Waals surface area contributed by atoms with Crippen molar-refractivity contribution in [3.8, 4) is 11.5 Å². The van der Waals surface area contributed by atoms with Gasteiger partial charge in [0.2, 0.25) is 0 Å². The second kappa shape index (κ2) is 11.8. The van der Waals surface area contributed by atoms with Crippen molar-refractivity contribution in [3.05, 3.63) is 79.6 Å². The fraction of sp³-hybridized carbons (Fsp3) is 0.419. The Balaban J connectivity index is 1.58. The molecule has 2 aromatic rings. The third-order valence-electron chi connectivity index (χ3n) is 7.90. The van der Waals surface area contributed by atoms with E-state index < -0.39 is 11.9 Å². The highest BCUT2D eigenvalue weighted by Crippen LogP contribution is 2.48. The first-order chi connectivity index (χ1) is 18.8. The smallest absolute Gasteiger partial charge is 0.337 e. The van der Waals surface area contributed by atoms with E-state index in [1.165, 1.54) is 0 Å². The minimum Gasteiger partial charge on any atom is -0.503 e. The number of Topliss-reactive ketones (excluding diaryl/α,β-unsaturated/α-hetero) is 1. The molecule has 0 saturated heterocycles. The first-order valence-electron chi connectivity index (χ1n) is 13.6. The summed E-state index contributed by atoms with van der Waals surface area (Å²) in [6, 6.07) is 11.1. The van der Waals surface area contributed by atoms with Gasteiger partial charge in [0.1, 0.15) is 6.10 Å². The first kappa shape index (κ1) is 27.8. The van der Waals surface area contributed by atoms with Gasteiger partial charge in [-0.15, -0.1) is 0 Å². The summed E-state index contributed by atoms with van der Waals surface area (Å²) < 4.78 is 12.2. The molecule has 6 nitrogen and oxygen atoms in total. The fourth-order valence-corrected chi connectivity index (χ4v) is 6.62. The molecule has 0 spiro atoms. The SMILES string of the molecule is CCOc1cc([C@@H]2C(C(=O)OC3CCCCC3)=C(C)NC3=C2C(=O)C[C@@H](c2ccc(Cl)cc2)C3)cc(Br)c1O. The second-order valence-electron chi connectivity index (χ2n) is 10.5. The molecule has 3 aliphatic rings. The number of hydrogen-bond acceptors (Lipinski definition) is 6. The van der Waals surface area contributed by atoms with Crippen LogP contribution in [0, 0.1) is 0 Å². The molecule has 0 bridgehead atoms. The Morgan fingerprint density at radius 3 is 2.51 bits per heavy atom. The molecular weight excluding hydrogens is 582 g/mol. The minimum atomic E-state index is -0.646. The standard InChI is InChI=1S/C31H33BrClNO5/c1-3-38-26-16-20(13-23(32)30(26)36)28-27(31(37)39-22-7-5-4-6-8-22)17(2)34-24-14-19(15-25(35)29(24)28)18-9-11-21(33)12-10-18/h9-13,16,19,22,28,34,36H,3-8,14-15H2,1-2H3/t19-,28+/m0/s1. The number of esters is 1. The average Bonchev–Trinajstić information content (AvgIpc) is 2.91. The van der Waals surface area contributed by atoms with E-state index in [0.29, 0.717) is 57.1 Å². The molecule has 1 aliphatic heterocycles. The Labute approximate surface area is 242 Å². The largest absolute Gasteiger partial charge is 0.503 e. The summed E-state index contributed by atoms with van der Waals surface area (Å²) in [5.41, 5.74) is 4.22. The topological polar surface area (TPSA) is 84.9 Å². The number of ketones is 1. The van der Waals surface area contributed by atoms with Crippen LogP contribution in [0.3, 0.4) is 0 Å². The van der Waals surface area contributed by atoms with E-state index in [2.05, 4.69) is 21.2 Å². The molecule has 2 N–H and O–H groups in total. The molecule has 2 aliphatic carbocycles. The number of hydrogen-bond donors (Lipinski definition) is 2. The Bertz CT molecular complexity index is 1340. The number of ether oxygens (including phenoxy) is 2. The van der Waals surface area contributed by atoms with Gasteiger partial charge >= 0.3 is 5.97 Å². The summed E-state index contributed by atoms with van der Waals surface area (Å²) in [7, 11) is 0. The summed E-state index contributed by atoms with van der Waals surface area (Å²) in [6.45, 7) is 4.06. The number of allylic oxidation sites excluding steroid dienone is 3. The maximum Gasteiger partial charge on any atom is 0.337 e. The molecule has 0 radical (unpaired) electrons. The third kappa shape index (κ3) is 5.75. The molecule has 2 aromatic carbocycles. The van der Waals surface area contributed by atoms with Gasteiger partial charge in [0.15, 0.2) is 17.3 Å². The molecular formula is C31H33BrClNO5. The van der Waals surface area contributed by atoms with Crippen molar-refractivity contribution in [2.45, 2.75) is 76.7 Å². The van der Waals surface area contributed by atoms with Crippen LogP contribution in [0.15, 0.2) is 63.4 Å². The highest BCUT2D eigenvalue weighted by Gasteiger charge is 2.42. The van der Waals surface area contributed by atoms with Crippen molar-refractivity contribution < 1.29 is 24.2 Å². The van der Waals surface area contributed by atoms with Crippen molar-refractivity contribution in [1.29, 1.82) is 0 Å². The Morgan fingerprint density at radius 2 is 1.82 bits per heavy atom. The van der Waals surface area contributed by atoms with Gasteiger partial charge in [0, 0.05) is 34.3 Å². The molecule has 1 saturated carbocycles. The summed E-state index contributed by atoms with van der Waals surface area (Å²) >= 11 is 9.54. The lowest BCUT2D eigenvalue weighted by Gasteiger charge is -2.37. The van der Waals surface area contributed by atoms with Gasteiger partial charge in [-0.2, -0.15) is 0 Å². The highest BCUT2D eigenvalue weighted by molar-refractivity contribution is 9.10. The van der Waals surface area contributed by atoms with E-state index in [4.69, 9.17) is 21.1 Å². The second-order valence-corrected chi connectivity index (χ2v) is 11.8. The lowest BCUT2D eigenvalue weighted by atomic mass is 9.71. The number of phenolic OH excluding ortho intramolecular Hbond substituents is 1. The number of phenols is 1. The van der Waals surface area contributed by atoms with Crippen LogP contribution in [-0.4, -0.2) is 29.6 Å². The average molecular weight is 615 g/mol. The van der Waals surface area contributed by atoms with Crippen molar-refractivity contribution >= 4 is 39.3 Å². The van der Waals surface area contributed by atoms with E-state index in [0.717, 1.165) is 43.4 Å². The number of benzene rings is 2. The molecule has 206 valence electrons. The monoisotopic (exact) mass is 613 g/mol. The van der Waals surface area contributed by atoms with Gasteiger partial charge < -0.3 is 19.9 Å². The third-order valence-corrected chi connectivity index (χ3v) is 8.76. The van der Waals surface area contributed by atoms with E-state index >= 15 is 0 Å². The van der Waals surface area contributed by atoms with Crippen LogP contribution in [-0.2, 0) is 14.3 Å². The van der Waals surface area contributed by atoms with Crippen molar-refractivity contribution in [1.82, 2.24) is 5.32 Å². The zero-order valence-electron chi connectivity index (χ0n) is 22.2. The molecule has 5 rings (SSSR count). The first-order valence-corrected chi connectivity index (χ1v) is 14.8. The molecule has 2 atom stereocenters. The van der Waals surface area contributed by atoms with Crippen LogP contribution < -0.4 is 10.1 Å². The van der Waals surface area contributed by atoms with Gasteiger partial charge in [-0.3, -0.25) is 4.79 Å². The normalized spacial score (nSPS) is 21.9. The van der Waals surface area contributed by atoms with Gasteiger partial charge in [0.25, 0.3) is 0 Å². The summed E-state index contributed by atoms with van der Waals surface area (Å²) in [5.74, 6) is -0.802. The van der Waals surface area contributed by atoms with Crippen LogP contribution in [0.25, 0.3) is 0 Å². The van der Waals surface area contributed by atoms with Gasteiger partial charge in [-0.1, -0.05) is 30.2 Å². The molecule has 8 heteroatoms. The molecule has 1 heterocycles. The van der Waals surface area contributed by atoms with Gasteiger partial charge in [0.05, 0.1) is 16.7 Å². The van der Waals surface area contributed by atoms with Crippen molar-refractivity contribution in [2.24, 2.45) is 0 Å². The van der Waals surface area contributed by atoms with Gasteiger partial charge in [-0.25, -0.2) is 4.79 Å². The molecule has 0 aromatic heterocycles. The number of nitrogens with one attached hydrogen (secondary N) is 1. The summed E-state index contributed by atoms with van der Waals surface area (Å²) in [5, 5.41) is 14.6. The van der Waals surface area contributed by atoms with Crippen LogP contribution in [0.4, 0.5) is 0 Å². The van der Waals surface area contributed by atoms with Crippen LogP contribution in [0.1, 0.15) is 81.8 Å². The van der Waals surface area contributed by atoms with E-state index in [-0.39, 0.29) is 23.6 Å². The Morgan fingerprint density at radius 1 is 1.10 bits per heavy atom. The number of carbonyl (C=O) groups is 2. The summed E-state index contributed by atoms with van der Waals surface area (Å²) in [6.07, 6.45) is 5.76. The predicted octanol–water partition coefficient (Wildman–Crippen LogP) is 7.44. The Kier molecular flexibility index (Phi) is 8.38. The maximum atomic E-state index is 13.9. The van der Waals surface area contributed by atoms with Crippen LogP contribution >= 0.6 is 27.5 Å². The zero-order chi connectivity index (χ0) is 27.7. The number of rotatable bonds is 6. The molecule has 0 amide bonds. The van der Waals surface area contributed by atoms with Crippen molar-refractivity contribution in [2.75, 3.05) is 6.61 Å².